The number of quaternary nitrogens is 1. The Labute approximate surface area is 90.5 Å². The largest absolute Gasteiger partial charge is 0.328 e. The second kappa shape index (κ2) is 7.24. The Morgan fingerprint density at radius 3 is 1.93 bits per heavy atom. The molecule has 0 aromatic rings. The highest BCUT2D eigenvalue weighted by molar-refractivity contribution is 4.51. The second-order valence-corrected chi connectivity index (χ2v) is 4.76. The van der Waals surface area contributed by atoms with Crippen molar-refractivity contribution in [3.8, 4) is 0 Å². The molecule has 0 spiro atoms. The first-order valence-corrected chi connectivity index (χ1v) is 6.10. The molecule has 86 valence electrons. The quantitative estimate of drug-likeness (QED) is 0.544. The van der Waals surface area contributed by atoms with Gasteiger partial charge in [0, 0.05) is 13.0 Å². The number of hydrogen-bond acceptors (Lipinski definition) is 1. The Balaban J connectivity index is 3.60. The van der Waals surface area contributed by atoms with Crippen molar-refractivity contribution in [2.75, 3.05) is 46.8 Å². The summed E-state index contributed by atoms with van der Waals surface area (Å²) in [7, 11) is 4.68. The van der Waals surface area contributed by atoms with Crippen LogP contribution in [-0.4, -0.2) is 56.2 Å². The lowest BCUT2D eigenvalue weighted by atomic mass is 10.3. The fourth-order valence-corrected chi connectivity index (χ4v) is 1.98. The van der Waals surface area contributed by atoms with Crippen LogP contribution in [0.15, 0.2) is 0 Å². The Morgan fingerprint density at radius 1 is 0.929 bits per heavy atom. The second-order valence-electron chi connectivity index (χ2n) is 4.76. The standard InChI is InChI=1S/C12H29N2/c1-6-11-14(4,5)12-9-10-13(7-2)8-3/h6-12H2,1-5H3/q+1. The maximum Gasteiger partial charge on any atom is 0.0794 e. The Hall–Kier alpha value is -0.0800. The van der Waals surface area contributed by atoms with Crippen LogP contribution in [0, 0.1) is 0 Å². The maximum atomic E-state index is 2.51. The van der Waals surface area contributed by atoms with E-state index in [-0.39, 0.29) is 0 Å². The van der Waals surface area contributed by atoms with E-state index in [9.17, 15) is 0 Å². The van der Waals surface area contributed by atoms with Gasteiger partial charge in [0.25, 0.3) is 0 Å². The van der Waals surface area contributed by atoms with Gasteiger partial charge in [-0.2, -0.15) is 0 Å². The van der Waals surface area contributed by atoms with Crippen LogP contribution in [0.25, 0.3) is 0 Å². The fraction of sp³-hybridized carbons (Fsp3) is 1.00. The van der Waals surface area contributed by atoms with Gasteiger partial charge in [-0.05, 0) is 19.5 Å². The molecule has 0 rings (SSSR count). The smallest absolute Gasteiger partial charge is 0.0794 e. The summed E-state index contributed by atoms with van der Waals surface area (Å²) in [6, 6.07) is 0. The summed E-state index contributed by atoms with van der Waals surface area (Å²) in [5.74, 6) is 0. The predicted molar refractivity (Wildman–Crippen MR) is 64.5 cm³/mol. The highest BCUT2D eigenvalue weighted by Crippen LogP contribution is 2.02. The molecule has 0 saturated heterocycles. The number of hydrogen-bond donors (Lipinski definition) is 0. The molecule has 0 amide bonds. The summed E-state index contributed by atoms with van der Waals surface area (Å²) in [5.41, 5.74) is 0. The van der Waals surface area contributed by atoms with E-state index in [0.29, 0.717) is 0 Å². The number of rotatable bonds is 8. The molecule has 0 radical (unpaired) electrons. The van der Waals surface area contributed by atoms with E-state index in [1.165, 1.54) is 50.0 Å². The van der Waals surface area contributed by atoms with Crippen molar-refractivity contribution < 1.29 is 4.48 Å². The molecule has 0 aromatic carbocycles. The van der Waals surface area contributed by atoms with Crippen molar-refractivity contribution in [1.29, 1.82) is 0 Å². The van der Waals surface area contributed by atoms with Crippen LogP contribution < -0.4 is 0 Å². The number of nitrogens with zero attached hydrogens (tertiary/aromatic N) is 2. The minimum atomic E-state index is 1.18. The molecular weight excluding hydrogens is 172 g/mol. The normalized spacial score (nSPS) is 12.4. The lowest BCUT2D eigenvalue weighted by Crippen LogP contribution is -2.42. The third kappa shape index (κ3) is 6.39. The first-order chi connectivity index (χ1) is 6.55. The summed E-state index contributed by atoms with van der Waals surface area (Å²) in [6.07, 6.45) is 2.62. The van der Waals surface area contributed by atoms with Gasteiger partial charge in [-0.3, -0.25) is 0 Å². The van der Waals surface area contributed by atoms with Crippen LogP contribution >= 0.6 is 0 Å². The van der Waals surface area contributed by atoms with E-state index in [2.05, 4.69) is 39.8 Å². The summed E-state index contributed by atoms with van der Waals surface area (Å²) < 4.78 is 1.18. The molecule has 14 heavy (non-hydrogen) atoms. The van der Waals surface area contributed by atoms with Gasteiger partial charge in [0.2, 0.25) is 0 Å². The molecule has 0 heterocycles. The van der Waals surface area contributed by atoms with Crippen LogP contribution in [0.4, 0.5) is 0 Å². The predicted octanol–water partition coefficient (Wildman–Crippen LogP) is 2.20. The van der Waals surface area contributed by atoms with Crippen molar-refractivity contribution in [3.63, 3.8) is 0 Å². The maximum absolute atomic E-state index is 2.51. The van der Waals surface area contributed by atoms with Crippen molar-refractivity contribution in [2.24, 2.45) is 0 Å². The molecule has 2 nitrogen and oxygen atoms in total. The topological polar surface area (TPSA) is 3.24 Å². The van der Waals surface area contributed by atoms with Gasteiger partial charge in [-0.1, -0.05) is 20.8 Å². The SMILES string of the molecule is CCC[N+](C)(C)CCCN(CC)CC. The van der Waals surface area contributed by atoms with Gasteiger partial charge in [0.15, 0.2) is 0 Å². The van der Waals surface area contributed by atoms with Crippen molar-refractivity contribution >= 4 is 0 Å². The third-order valence-electron chi connectivity index (χ3n) is 2.96. The molecule has 0 fully saturated rings. The molecular formula is C12H29N2+. The van der Waals surface area contributed by atoms with Gasteiger partial charge >= 0.3 is 0 Å². The first kappa shape index (κ1) is 13.9. The van der Waals surface area contributed by atoms with E-state index in [0.717, 1.165) is 0 Å². The monoisotopic (exact) mass is 201 g/mol. The molecule has 0 bridgehead atoms. The Kier molecular flexibility index (Phi) is 7.20. The minimum absolute atomic E-state index is 1.18. The highest BCUT2D eigenvalue weighted by atomic mass is 15.3. The molecule has 0 aromatic heterocycles. The molecule has 0 unspecified atom stereocenters. The average Bonchev–Trinajstić information content (AvgIpc) is 2.12. The van der Waals surface area contributed by atoms with Crippen LogP contribution in [0.3, 0.4) is 0 Å². The fourth-order valence-electron chi connectivity index (χ4n) is 1.98. The van der Waals surface area contributed by atoms with Crippen LogP contribution in [-0.2, 0) is 0 Å². The van der Waals surface area contributed by atoms with Gasteiger partial charge in [-0.15, -0.1) is 0 Å². The third-order valence-corrected chi connectivity index (χ3v) is 2.96. The van der Waals surface area contributed by atoms with Crippen molar-refractivity contribution in [1.82, 2.24) is 4.90 Å². The molecule has 0 aliphatic heterocycles. The van der Waals surface area contributed by atoms with Gasteiger partial charge in [0.05, 0.1) is 27.2 Å². The molecule has 0 aliphatic carbocycles. The molecule has 0 saturated carbocycles. The van der Waals surface area contributed by atoms with Gasteiger partial charge in [-0.25, -0.2) is 0 Å². The average molecular weight is 201 g/mol. The zero-order valence-corrected chi connectivity index (χ0v) is 10.8. The van der Waals surface area contributed by atoms with Gasteiger partial charge < -0.3 is 9.38 Å². The first-order valence-electron chi connectivity index (χ1n) is 6.10. The summed E-state index contributed by atoms with van der Waals surface area (Å²) in [4.78, 5) is 2.51. The molecule has 0 N–H and O–H groups in total. The molecule has 2 heteroatoms. The van der Waals surface area contributed by atoms with Crippen LogP contribution in [0.2, 0.25) is 0 Å². The lowest BCUT2D eigenvalue weighted by molar-refractivity contribution is -0.890. The van der Waals surface area contributed by atoms with E-state index in [1.807, 2.05) is 0 Å². The van der Waals surface area contributed by atoms with E-state index in [4.69, 9.17) is 0 Å². The lowest BCUT2D eigenvalue weighted by Gasteiger charge is -2.30. The zero-order chi connectivity index (χ0) is 11.0. The van der Waals surface area contributed by atoms with Crippen LogP contribution in [0.1, 0.15) is 33.6 Å². The summed E-state index contributed by atoms with van der Waals surface area (Å²) >= 11 is 0. The summed E-state index contributed by atoms with van der Waals surface area (Å²) in [5, 5.41) is 0. The zero-order valence-electron chi connectivity index (χ0n) is 10.8. The van der Waals surface area contributed by atoms with E-state index in [1.54, 1.807) is 0 Å². The van der Waals surface area contributed by atoms with E-state index >= 15 is 0 Å². The van der Waals surface area contributed by atoms with E-state index < -0.39 is 0 Å². The Morgan fingerprint density at radius 2 is 1.50 bits per heavy atom. The van der Waals surface area contributed by atoms with Crippen LogP contribution in [0.5, 0.6) is 0 Å². The summed E-state index contributed by atoms with van der Waals surface area (Å²) in [6.45, 7) is 13.0. The molecule has 0 aliphatic rings. The molecule has 0 atom stereocenters. The van der Waals surface area contributed by atoms with Crippen molar-refractivity contribution in [3.05, 3.63) is 0 Å². The Bertz CT molecular complexity index is 128. The highest BCUT2D eigenvalue weighted by Gasteiger charge is 2.13. The van der Waals surface area contributed by atoms with Crippen molar-refractivity contribution in [2.45, 2.75) is 33.6 Å². The minimum Gasteiger partial charge on any atom is -0.328 e. The van der Waals surface area contributed by atoms with Gasteiger partial charge in [0.1, 0.15) is 0 Å².